The maximum atomic E-state index is 4.92. The van der Waals surface area contributed by atoms with Gasteiger partial charge in [-0.3, -0.25) is 0 Å². The fourth-order valence-corrected chi connectivity index (χ4v) is 12.0. The Morgan fingerprint density at radius 3 is 1.36 bits per heavy atom. The molecule has 3 atom stereocenters. The summed E-state index contributed by atoms with van der Waals surface area (Å²) in [5.41, 5.74) is 12.3. The van der Waals surface area contributed by atoms with Crippen molar-refractivity contribution in [3.8, 4) is 20.9 Å². The molecule has 0 radical (unpaired) electrons. The van der Waals surface area contributed by atoms with Gasteiger partial charge < -0.3 is 4.57 Å². The van der Waals surface area contributed by atoms with E-state index < -0.39 is 0 Å². The molecule has 5 nitrogen and oxygen atoms in total. The van der Waals surface area contributed by atoms with Crippen LogP contribution in [0.4, 0.5) is 0 Å². The summed E-state index contributed by atoms with van der Waals surface area (Å²) in [5.74, 6) is 2.06. The Labute approximate surface area is 332 Å². The molecular formula is C44H57N5S4. The number of rotatable bonds is 20. The van der Waals surface area contributed by atoms with Gasteiger partial charge in [-0.2, -0.15) is 17.5 Å². The lowest BCUT2D eigenvalue weighted by Gasteiger charge is -2.17. The first-order valence-electron chi connectivity index (χ1n) is 20.6. The summed E-state index contributed by atoms with van der Waals surface area (Å²) in [6.45, 7) is 15.0. The van der Waals surface area contributed by atoms with Crippen LogP contribution in [0.1, 0.15) is 130 Å². The molecule has 5 aromatic heterocycles. The molecule has 7 rings (SSSR count). The van der Waals surface area contributed by atoms with Gasteiger partial charge in [0, 0.05) is 27.4 Å². The summed E-state index contributed by atoms with van der Waals surface area (Å²) in [6, 6.07) is 14.3. The number of fused-ring (bicyclic) bond motifs is 5. The summed E-state index contributed by atoms with van der Waals surface area (Å²) < 4.78 is 25.0. The minimum absolute atomic E-state index is 0.654. The van der Waals surface area contributed by atoms with E-state index >= 15 is 0 Å². The summed E-state index contributed by atoms with van der Waals surface area (Å²) in [5, 5.41) is 0. The molecule has 3 unspecified atom stereocenters. The molecule has 0 aliphatic carbocycles. The van der Waals surface area contributed by atoms with Crippen molar-refractivity contribution in [2.75, 3.05) is 0 Å². The van der Waals surface area contributed by atoms with Crippen LogP contribution in [-0.4, -0.2) is 22.1 Å². The van der Waals surface area contributed by atoms with Crippen molar-refractivity contribution in [2.24, 2.45) is 17.8 Å². The molecule has 0 aliphatic rings. The van der Waals surface area contributed by atoms with Crippen LogP contribution in [-0.2, 0) is 19.4 Å². The van der Waals surface area contributed by atoms with Crippen LogP contribution in [0.2, 0.25) is 0 Å². The van der Waals surface area contributed by atoms with Gasteiger partial charge in [0.15, 0.2) is 0 Å². The normalized spacial score (nSPS) is 14.0. The van der Waals surface area contributed by atoms with Gasteiger partial charge in [-0.25, -0.2) is 0 Å². The van der Waals surface area contributed by atoms with Crippen LogP contribution in [0, 0.1) is 17.8 Å². The number of unbranched alkanes of at least 4 members (excludes halogenated alkanes) is 3. The van der Waals surface area contributed by atoms with E-state index in [2.05, 4.69) is 82.5 Å². The highest BCUT2D eigenvalue weighted by atomic mass is 32.1. The number of thiophene rings is 2. The molecular weight excluding hydrogens is 727 g/mol. The highest BCUT2D eigenvalue weighted by molar-refractivity contribution is 7.30. The highest BCUT2D eigenvalue weighted by Gasteiger charge is 2.24. The Bertz CT molecular complexity index is 2100. The molecule has 0 N–H and O–H groups in total. The molecule has 5 heterocycles. The number of aromatic nitrogens is 5. The molecule has 7 aromatic rings. The Balaban J connectivity index is 1.30. The third-order valence-corrected chi connectivity index (χ3v) is 15.4. The quantitative estimate of drug-likeness (QED) is 0.0772. The van der Waals surface area contributed by atoms with Gasteiger partial charge in [0.05, 0.1) is 43.9 Å². The van der Waals surface area contributed by atoms with E-state index in [1.54, 1.807) is 0 Å². The van der Waals surface area contributed by atoms with Gasteiger partial charge >= 0.3 is 0 Å². The van der Waals surface area contributed by atoms with E-state index in [4.69, 9.17) is 17.5 Å². The maximum Gasteiger partial charge on any atom is 0.113 e. The zero-order valence-electron chi connectivity index (χ0n) is 32.7. The van der Waals surface area contributed by atoms with Crippen LogP contribution in [0.5, 0.6) is 0 Å². The van der Waals surface area contributed by atoms with Crippen molar-refractivity contribution < 1.29 is 0 Å². The molecule has 0 saturated heterocycles. The van der Waals surface area contributed by atoms with Gasteiger partial charge in [0.25, 0.3) is 0 Å². The smallest absolute Gasteiger partial charge is 0.113 e. The van der Waals surface area contributed by atoms with Crippen LogP contribution >= 0.6 is 46.1 Å². The van der Waals surface area contributed by atoms with Crippen molar-refractivity contribution in [3.05, 3.63) is 47.5 Å². The third-order valence-electron chi connectivity index (χ3n) is 11.8. The molecule has 0 spiro atoms. The lowest BCUT2D eigenvalue weighted by molar-refractivity contribution is 0.401. The van der Waals surface area contributed by atoms with Crippen molar-refractivity contribution in [1.29, 1.82) is 0 Å². The number of hydrogen-bond donors (Lipinski definition) is 0. The van der Waals surface area contributed by atoms with Gasteiger partial charge in [0.1, 0.15) is 22.1 Å². The molecule has 282 valence electrons. The Morgan fingerprint density at radius 2 is 0.943 bits per heavy atom. The van der Waals surface area contributed by atoms with Gasteiger partial charge in [0.2, 0.25) is 0 Å². The highest BCUT2D eigenvalue weighted by Crippen LogP contribution is 2.48. The monoisotopic (exact) mass is 783 g/mol. The van der Waals surface area contributed by atoms with Crippen molar-refractivity contribution in [3.63, 3.8) is 0 Å². The average molecular weight is 784 g/mol. The first-order valence-corrected chi connectivity index (χ1v) is 23.6. The summed E-state index contributed by atoms with van der Waals surface area (Å²) >= 11 is 6.61. The lowest BCUT2D eigenvalue weighted by Crippen LogP contribution is -2.09. The predicted molar refractivity (Wildman–Crippen MR) is 235 cm³/mol. The van der Waals surface area contributed by atoms with Crippen LogP contribution in [0.3, 0.4) is 0 Å². The van der Waals surface area contributed by atoms with Gasteiger partial charge in [-0.1, -0.05) is 136 Å². The molecule has 9 heteroatoms. The second-order valence-electron chi connectivity index (χ2n) is 15.4. The largest absolute Gasteiger partial charge is 0.339 e. The second kappa shape index (κ2) is 17.8. The average Bonchev–Trinajstić information content (AvgIpc) is 4.02. The lowest BCUT2D eigenvalue weighted by atomic mass is 9.91. The van der Waals surface area contributed by atoms with Gasteiger partial charge in [-0.05, 0) is 60.3 Å². The Kier molecular flexibility index (Phi) is 13.0. The van der Waals surface area contributed by atoms with Gasteiger partial charge in [-0.15, -0.1) is 22.7 Å². The van der Waals surface area contributed by atoms with E-state index in [1.807, 2.05) is 22.7 Å². The fourth-order valence-electron chi connectivity index (χ4n) is 8.33. The van der Waals surface area contributed by atoms with E-state index in [-0.39, 0.29) is 0 Å². The van der Waals surface area contributed by atoms with Crippen LogP contribution in [0.15, 0.2) is 36.4 Å². The number of benzene rings is 2. The molecule has 0 saturated carbocycles. The van der Waals surface area contributed by atoms with E-state index in [9.17, 15) is 0 Å². The molecule has 2 aromatic carbocycles. The summed E-state index contributed by atoms with van der Waals surface area (Å²) in [7, 11) is 0. The van der Waals surface area contributed by atoms with Crippen LogP contribution < -0.4 is 0 Å². The van der Waals surface area contributed by atoms with Crippen LogP contribution in [0.25, 0.3) is 63.4 Å². The molecule has 0 fully saturated rings. The third kappa shape index (κ3) is 8.01. The predicted octanol–water partition coefficient (Wildman–Crippen LogP) is 15.0. The standard InChI is InChI=1S/C44H57N5S4/c1-7-13-16-28(10-4)23-31-19-21-33(41-39(31)45-52-47-41)37-25-35-43(50-37)44-36(49(35)27-30(12-6)18-15-9-3)26-38(51-44)34-22-20-32(40-42(34)48-53-46-40)24-29(11-5)17-14-8-2/h19-22,25-26,28-30H,7-18,23-24,27H2,1-6H3. The summed E-state index contributed by atoms with van der Waals surface area (Å²) in [4.78, 5) is 2.60. The van der Waals surface area contributed by atoms with E-state index in [1.165, 1.54) is 153 Å². The maximum absolute atomic E-state index is 4.92. The minimum atomic E-state index is 0.654. The number of hydrogen-bond acceptors (Lipinski definition) is 8. The molecule has 0 amide bonds. The van der Waals surface area contributed by atoms with Crippen molar-refractivity contribution >= 4 is 88.6 Å². The minimum Gasteiger partial charge on any atom is -0.339 e. The first kappa shape index (κ1) is 38.6. The number of nitrogens with zero attached hydrogens (tertiary/aromatic N) is 5. The molecule has 53 heavy (non-hydrogen) atoms. The Morgan fingerprint density at radius 1 is 0.528 bits per heavy atom. The zero-order chi connectivity index (χ0) is 36.9. The van der Waals surface area contributed by atoms with E-state index in [0.29, 0.717) is 17.8 Å². The Hall–Kier alpha value is -2.72. The summed E-state index contributed by atoms with van der Waals surface area (Å²) in [6.07, 6.45) is 17.3. The van der Waals surface area contributed by atoms with E-state index in [0.717, 1.165) is 41.5 Å². The molecule has 0 bridgehead atoms. The topological polar surface area (TPSA) is 56.5 Å². The first-order chi connectivity index (χ1) is 26.0. The SMILES string of the molecule is CCCCC(CC)Cc1ccc(-c2cc3c(s2)c2sc(-c4ccc(CC(CC)CCCC)c5nsnc45)cc2n3CC(CC)CCCC)c2nsnc12. The second-order valence-corrected chi connectivity index (χ2v) is 18.5. The molecule has 0 aliphatic heterocycles. The van der Waals surface area contributed by atoms with Crippen molar-refractivity contribution in [2.45, 2.75) is 138 Å². The fraction of sp³-hybridized carbons (Fsp3) is 0.545. The van der Waals surface area contributed by atoms with Crippen molar-refractivity contribution in [1.82, 2.24) is 22.1 Å². The zero-order valence-corrected chi connectivity index (χ0v) is 35.9.